The molecule has 5 amide bonds. The number of anilines is 1. The van der Waals surface area contributed by atoms with Gasteiger partial charge in [-0.1, -0.05) is 32.9 Å². The Labute approximate surface area is 558 Å². The van der Waals surface area contributed by atoms with Crippen LogP contribution >= 0.6 is 11.8 Å². The number of hydrogen-bond acceptors (Lipinski definition) is 25. The van der Waals surface area contributed by atoms with Gasteiger partial charge in [-0.2, -0.15) is 0 Å². The molecule has 4 aromatic rings. The van der Waals surface area contributed by atoms with Crippen LogP contribution in [0.1, 0.15) is 111 Å². The van der Waals surface area contributed by atoms with Gasteiger partial charge >= 0.3 is 18.0 Å². The SMILES string of the molecule is CCC(=O)C1CCC(CN2C(=O)CC(SCCNC(=O)CCCC(=O)OCC(CC)OC(CO)OC)C2=O)CC1.CCC(CO)OC(COC(=O)CCCC(=O)NCCN1CCN(C(=O)Oc2cccc(-c3nc(N4CCOCC4)c4oc5ncccc5c4n3)c2)CC1)OC. The van der Waals surface area contributed by atoms with Crippen molar-refractivity contribution in [3.63, 3.8) is 0 Å². The normalized spacial score (nSPS) is 19.0. The number of pyridine rings is 1. The topological polar surface area (TPSA) is 340 Å². The third-order valence-electron chi connectivity index (χ3n) is 17.0. The Kier molecular flexibility index (Phi) is 31.7. The molecule has 4 aliphatic rings. The van der Waals surface area contributed by atoms with Crippen LogP contribution in [0.4, 0.5) is 10.6 Å². The van der Waals surface area contributed by atoms with E-state index in [2.05, 4.69) is 25.4 Å². The molecule has 29 heteroatoms. The molecule has 1 aliphatic carbocycles. The molecule has 5 atom stereocenters. The number of aliphatic hydroxyl groups excluding tert-OH is 2. The Bertz CT molecular complexity index is 3110. The number of Topliss-reactive ketones (excluding diaryl/α,β-unsaturated/α-hetero) is 1. The first-order valence-corrected chi connectivity index (χ1v) is 34.2. The van der Waals surface area contributed by atoms with Crippen molar-refractivity contribution in [1.82, 2.24) is 40.3 Å². The first-order valence-electron chi connectivity index (χ1n) is 33.2. The van der Waals surface area contributed by atoms with Crippen molar-refractivity contribution in [3.05, 3.63) is 42.6 Å². The fraction of sp³-hybridized carbons (Fsp3) is 0.652. The van der Waals surface area contributed by atoms with E-state index in [4.69, 9.17) is 57.4 Å². The van der Waals surface area contributed by atoms with Crippen LogP contribution in [0.2, 0.25) is 0 Å². The fourth-order valence-electron chi connectivity index (χ4n) is 11.3. The van der Waals surface area contributed by atoms with Gasteiger partial charge in [0, 0.05) is 142 Å². The molecule has 0 bridgehead atoms. The van der Waals surface area contributed by atoms with Crippen LogP contribution in [-0.2, 0) is 66.7 Å². The molecule has 3 aliphatic heterocycles. The number of nitrogens with one attached hydrogen (secondary N) is 2. The quantitative estimate of drug-likeness (QED) is 0.0197. The number of thioether (sulfide) groups is 1. The third-order valence-corrected chi connectivity index (χ3v) is 18.2. The number of methoxy groups -OCH3 is 2. The summed E-state index contributed by atoms with van der Waals surface area (Å²) in [6.07, 6.45) is 5.44. The molecule has 5 unspecified atom stereocenters. The summed E-state index contributed by atoms with van der Waals surface area (Å²) in [7, 11) is 2.85. The van der Waals surface area contributed by atoms with Gasteiger partial charge in [-0.15, -0.1) is 11.8 Å². The van der Waals surface area contributed by atoms with Gasteiger partial charge in [0.15, 0.2) is 29.8 Å². The number of ketones is 1. The second kappa shape index (κ2) is 39.9. The highest BCUT2D eigenvalue weighted by Gasteiger charge is 2.40. The van der Waals surface area contributed by atoms with Crippen LogP contribution in [0.5, 0.6) is 5.75 Å². The largest absolute Gasteiger partial charge is 0.463 e. The van der Waals surface area contributed by atoms with E-state index in [1.165, 1.54) is 30.9 Å². The number of nitrogens with zero attached hydrogens (tertiary/aromatic N) is 7. The number of likely N-dealkylation sites (tertiary alicyclic amines) is 1. The molecular formula is C66H95N9O19S. The number of furan rings is 1. The number of esters is 2. The molecule has 3 saturated heterocycles. The zero-order valence-corrected chi connectivity index (χ0v) is 56.2. The van der Waals surface area contributed by atoms with E-state index >= 15 is 0 Å². The first-order chi connectivity index (χ1) is 46.1. The maximum absolute atomic E-state index is 13.2. The number of ether oxygens (including phenoxy) is 8. The Morgan fingerprint density at radius 2 is 1.43 bits per heavy atom. The van der Waals surface area contributed by atoms with Crippen LogP contribution in [-0.4, -0.2) is 242 Å². The zero-order valence-electron chi connectivity index (χ0n) is 55.4. The third kappa shape index (κ3) is 23.7. The summed E-state index contributed by atoms with van der Waals surface area (Å²) >= 11 is 1.38. The molecule has 4 N–H and O–H groups in total. The number of aromatic nitrogens is 3. The lowest BCUT2D eigenvalue weighted by Crippen LogP contribution is -2.51. The second-order valence-electron chi connectivity index (χ2n) is 23.6. The van der Waals surface area contributed by atoms with Gasteiger partial charge in [0.1, 0.15) is 30.3 Å². The molecule has 28 nitrogen and oxygen atoms in total. The zero-order chi connectivity index (χ0) is 68.1. The van der Waals surface area contributed by atoms with Crippen molar-refractivity contribution in [2.75, 3.05) is 130 Å². The summed E-state index contributed by atoms with van der Waals surface area (Å²) < 4.78 is 49.0. The molecule has 6 heterocycles. The van der Waals surface area contributed by atoms with Crippen molar-refractivity contribution in [2.24, 2.45) is 11.8 Å². The Hall–Kier alpha value is -6.96. The van der Waals surface area contributed by atoms with Crippen LogP contribution in [0.15, 0.2) is 47.0 Å². The number of piperazine rings is 1. The first kappa shape index (κ1) is 75.4. The smallest absolute Gasteiger partial charge is 0.415 e. The summed E-state index contributed by atoms with van der Waals surface area (Å²) in [5.41, 5.74) is 2.42. The van der Waals surface area contributed by atoms with Gasteiger partial charge in [0.25, 0.3) is 0 Å². The number of imide groups is 1. The van der Waals surface area contributed by atoms with Gasteiger partial charge in [-0.05, 0) is 81.5 Å². The molecule has 0 spiro atoms. The maximum Gasteiger partial charge on any atom is 0.415 e. The summed E-state index contributed by atoms with van der Waals surface area (Å²) in [6, 6.07) is 11.0. The Morgan fingerprint density at radius 1 is 0.758 bits per heavy atom. The minimum absolute atomic E-state index is 0.0412. The van der Waals surface area contributed by atoms with Gasteiger partial charge < -0.3 is 73.0 Å². The van der Waals surface area contributed by atoms with Gasteiger partial charge in [0.05, 0.1) is 49.3 Å². The standard InChI is InChI=1S/C38H49N7O10.C28H46N2O9S/c1-3-27(24-46)53-32(50-2)25-52-31(48)11-5-10-30(47)39-13-14-43-15-17-45(18-16-43)38(49)54-28-8-4-7-26(23-28)35-41-33-29-9-6-12-40-37(29)55-34(33)36(42-35)44-19-21-51-22-20-44;1-4-21(39-27(17-31)37-3)18-38-26(35)8-6-7-24(33)29-13-14-40-23-15-25(34)30(28(23)36)16-19-9-11-20(12-10-19)22(32)5-2/h4,6-9,12,23,27,32,46H,3,5,10-11,13-22,24-25H2,1-2H3,(H,39,47);19-21,23,27,31H,4-18H2,1-3H3,(H,29,33). The minimum Gasteiger partial charge on any atom is -0.463 e. The second-order valence-corrected chi connectivity index (χ2v) is 24.9. The van der Waals surface area contributed by atoms with Gasteiger partial charge in [-0.3, -0.25) is 43.4 Å². The van der Waals surface area contributed by atoms with E-state index < -0.39 is 48.1 Å². The van der Waals surface area contributed by atoms with E-state index in [-0.39, 0.29) is 94.0 Å². The highest BCUT2D eigenvalue weighted by molar-refractivity contribution is 8.00. The van der Waals surface area contributed by atoms with Crippen LogP contribution in [0.25, 0.3) is 33.6 Å². The molecule has 3 aromatic heterocycles. The number of carbonyl (C=O) groups is 8. The van der Waals surface area contributed by atoms with E-state index in [1.54, 1.807) is 23.2 Å². The maximum atomic E-state index is 13.2. The van der Waals surface area contributed by atoms with Crippen molar-refractivity contribution in [1.29, 1.82) is 0 Å². The molecular weight excluding hydrogens is 1250 g/mol. The number of rotatable bonds is 36. The van der Waals surface area contributed by atoms with Crippen LogP contribution < -0.4 is 20.3 Å². The average Bonchev–Trinajstić information content (AvgIpc) is 1.64. The number of benzene rings is 1. The Balaban J connectivity index is 0.000000283. The number of amides is 5. The van der Waals surface area contributed by atoms with Crippen molar-refractivity contribution in [2.45, 2.75) is 141 Å². The lowest BCUT2D eigenvalue weighted by Gasteiger charge is -2.34. The summed E-state index contributed by atoms with van der Waals surface area (Å²) in [5, 5.41) is 24.4. The van der Waals surface area contributed by atoms with E-state index in [1.807, 2.05) is 45.0 Å². The molecule has 524 valence electrons. The number of morpholine rings is 1. The van der Waals surface area contributed by atoms with E-state index in [9.17, 15) is 43.5 Å². The lowest BCUT2D eigenvalue weighted by atomic mass is 9.79. The number of fused-ring (bicyclic) bond motifs is 3. The molecule has 95 heavy (non-hydrogen) atoms. The van der Waals surface area contributed by atoms with Crippen molar-refractivity contribution >= 4 is 87.2 Å². The van der Waals surface area contributed by atoms with E-state index in [0.29, 0.717) is 162 Å². The number of hydrogen-bond donors (Lipinski definition) is 4. The monoisotopic (exact) mass is 1350 g/mol. The van der Waals surface area contributed by atoms with Gasteiger partial charge in [-0.25, -0.2) is 19.7 Å². The average molecular weight is 1350 g/mol. The van der Waals surface area contributed by atoms with Crippen molar-refractivity contribution < 1.29 is 90.9 Å². The van der Waals surface area contributed by atoms with E-state index in [0.717, 1.165) is 31.1 Å². The van der Waals surface area contributed by atoms with Crippen molar-refractivity contribution in [3.8, 4) is 17.1 Å². The molecule has 0 radical (unpaired) electrons. The predicted molar refractivity (Wildman–Crippen MR) is 350 cm³/mol. The highest BCUT2D eigenvalue weighted by Crippen LogP contribution is 2.36. The van der Waals surface area contributed by atoms with Crippen LogP contribution in [0.3, 0.4) is 0 Å². The number of carbonyl (C=O) groups excluding carboxylic acids is 8. The summed E-state index contributed by atoms with van der Waals surface area (Å²) in [6.45, 7) is 11.7. The molecule has 8 rings (SSSR count). The van der Waals surface area contributed by atoms with Crippen LogP contribution in [0, 0.1) is 11.8 Å². The summed E-state index contributed by atoms with van der Waals surface area (Å²) in [4.78, 5) is 120. The van der Waals surface area contributed by atoms with Gasteiger partial charge in [0.2, 0.25) is 29.3 Å². The number of aliphatic hydroxyl groups is 2. The molecule has 1 saturated carbocycles. The Morgan fingerprint density at radius 3 is 2.08 bits per heavy atom. The predicted octanol–water partition coefficient (Wildman–Crippen LogP) is 5.20. The molecule has 1 aromatic carbocycles. The molecule has 4 fully saturated rings. The summed E-state index contributed by atoms with van der Waals surface area (Å²) in [5.74, 6) is 1.19. The lowest BCUT2D eigenvalue weighted by molar-refractivity contribution is -0.194. The highest BCUT2D eigenvalue weighted by atomic mass is 32.2. The minimum atomic E-state index is -0.772. The fourth-order valence-corrected chi connectivity index (χ4v) is 12.3.